The summed E-state index contributed by atoms with van der Waals surface area (Å²) < 4.78 is 4.87. The van der Waals surface area contributed by atoms with Gasteiger partial charge in [0.2, 0.25) is 5.91 Å². The van der Waals surface area contributed by atoms with E-state index in [1.165, 1.54) is 23.7 Å². The molecule has 8 heteroatoms. The highest BCUT2D eigenvalue weighted by molar-refractivity contribution is 7.10. The lowest BCUT2D eigenvalue weighted by Gasteiger charge is -2.07. The van der Waals surface area contributed by atoms with Crippen LogP contribution < -0.4 is 16.2 Å². The van der Waals surface area contributed by atoms with Gasteiger partial charge in [0.05, 0.1) is 19.2 Å². The van der Waals surface area contributed by atoms with E-state index in [9.17, 15) is 14.4 Å². The molecule has 110 valence electrons. The van der Waals surface area contributed by atoms with Crippen molar-refractivity contribution in [2.75, 3.05) is 6.54 Å². The molecule has 0 aliphatic rings. The normalized spacial score (nSPS) is 9.90. The minimum absolute atomic E-state index is 0.115. The van der Waals surface area contributed by atoms with Crippen molar-refractivity contribution >= 4 is 29.1 Å². The zero-order chi connectivity index (χ0) is 15.1. The van der Waals surface area contributed by atoms with Crippen LogP contribution in [-0.4, -0.2) is 24.3 Å². The molecule has 0 aromatic carbocycles. The van der Waals surface area contributed by atoms with Crippen molar-refractivity contribution in [3.63, 3.8) is 0 Å². The largest absolute Gasteiger partial charge is 0.459 e. The minimum atomic E-state index is -0.533. The van der Waals surface area contributed by atoms with E-state index in [0.717, 1.165) is 4.88 Å². The summed E-state index contributed by atoms with van der Waals surface area (Å²) in [6.07, 6.45) is 1.55. The number of hydrogen-bond donors (Lipinski definition) is 3. The molecule has 3 N–H and O–H groups in total. The monoisotopic (exact) mass is 307 g/mol. The summed E-state index contributed by atoms with van der Waals surface area (Å²) in [6, 6.07) is 6.72. The standard InChI is InChI=1S/C13H13N3O4S/c17-11(7-9-3-2-6-21-9)15-16-12(18)8-14-13(19)10-4-1-5-20-10/h1-6H,7-8H2,(H,14,19)(H,15,17)(H,16,18). The number of carbonyl (C=O) groups excluding carboxylic acids is 3. The first-order valence-corrected chi connectivity index (χ1v) is 6.95. The van der Waals surface area contributed by atoms with Gasteiger partial charge in [0.15, 0.2) is 5.76 Å². The molecule has 2 rings (SSSR count). The van der Waals surface area contributed by atoms with E-state index in [1.807, 2.05) is 17.5 Å². The van der Waals surface area contributed by atoms with Gasteiger partial charge in [0.25, 0.3) is 11.8 Å². The lowest BCUT2D eigenvalue weighted by atomic mass is 10.3. The second-order valence-corrected chi connectivity index (χ2v) is 5.04. The molecule has 0 aliphatic heterocycles. The van der Waals surface area contributed by atoms with E-state index < -0.39 is 11.8 Å². The lowest BCUT2D eigenvalue weighted by Crippen LogP contribution is -2.46. The maximum absolute atomic E-state index is 11.5. The van der Waals surface area contributed by atoms with Crippen LogP contribution in [-0.2, 0) is 16.0 Å². The van der Waals surface area contributed by atoms with Gasteiger partial charge in [-0.15, -0.1) is 11.3 Å². The van der Waals surface area contributed by atoms with Gasteiger partial charge in [-0.05, 0) is 23.6 Å². The van der Waals surface area contributed by atoms with Gasteiger partial charge in [0, 0.05) is 4.88 Å². The third kappa shape index (κ3) is 4.77. The number of carbonyl (C=O) groups is 3. The second-order valence-electron chi connectivity index (χ2n) is 4.01. The molecule has 0 fully saturated rings. The van der Waals surface area contributed by atoms with Gasteiger partial charge in [0.1, 0.15) is 0 Å². The van der Waals surface area contributed by atoms with Gasteiger partial charge >= 0.3 is 0 Å². The number of furan rings is 1. The van der Waals surface area contributed by atoms with E-state index >= 15 is 0 Å². The maximum Gasteiger partial charge on any atom is 0.287 e. The molecule has 7 nitrogen and oxygen atoms in total. The predicted octanol–water partition coefficient (Wildman–Crippen LogP) is 0.461. The first-order valence-electron chi connectivity index (χ1n) is 6.07. The molecular formula is C13H13N3O4S. The molecule has 0 radical (unpaired) electrons. The number of amides is 3. The van der Waals surface area contributed by atoms with Crippen molar-refractivity contribution < 1.29 is 18.8 Å². The van der Waals surface area contributed by atoms with Crippen LogP contribution in [0.5, 0.6) is 0 Å². The number of nitrogens with one attached hydrogen (secondary N) is 3. The van der Waals surface area contributed by atoms with E-state index in [1.54, 1.807) is 6.07 Å². The Balaban J connectivity index is 1.65. The summed E-state index contributed by atoms with van der Waals surface area (Å²) in [5.74, 6) is -1.25. The van der Waals surface area contributed by atoms with Crippen LogP contribution in [0.3, 0.4) is 0 Å². The van der Waals surface area contributed by atoms with Crippen molar-refractivity contribution in [1.29, 1.82) is 0 Å². The second kappa shape index (κ2) is 7.25. The molecule has 0 aliphatic carbocycles. The van der Waals surface area contributed by atoms with E-state index in [-0.39, 0.29) is 24.6 Å². The topological polar surface area (TPSA) is 100 Å². The fourth-order valence-electron chi connectivity index (χ4n) is 1.45. The highest BCUT2D eigenvalue weighted by Gasteiger charge is 2.11. The fraction of sp³-hybridized carbons (Fsp3) is 0.154. The van der Waals surface area contributed by atoms with Crippen LogP contribution in [0.15, 0.2) is 40.3 Å². The van der Waals surface area contributed by atoms with Crippen LogP contribution >= 0.6 is 11.3 Å². The van der Waals surface area contributed by atoms with Crippen LogP contribution in [0.1, 0.15) is 15.4 Å². The zero-order valence-electron chi connectivity index (χ0n) is 10.9. The van der Waals surface area contributed by atoms with Crippen LogP contribution in [0, 0.1) is 0 Å². The maximum atomic E-state index is 11.5. The summed E-state index contributed by atoms with van der Waals surface area (Å²) in [5, 5.41) is 4.23. The molecule has 0 saturated carbocycles. The zero-order valence-corrected chi connectivity index (χ0v) is 11.7. The Morgan fingerprint density at radius 1 is 1.10 bits per heavy atom. The smallest absolute Gasteiger partial charge is 0.287 e. The molecule has 3 amide bonds. The first-order chi connectivity index (χ1) is 10.1. The van der Waals surface area contributed by atoms with Gasteiger partial charge in [-0.3, -0.25) is 25.2 Å². The predicted molar refractivity (Wildman–Crippen MR) is 75.3 cm³/mol. The average Bonchev–Trinajstić information content (AvgIpc) is 3.15. The van der Waals surface area contributed by atoms with Crippen molar-refractivity contribution in [1.82, 2.24) is 16.2 Å². The van der Waals surface area contributed by atoms with E-state index in [2.05, 4.69) is 16.2 Å². The number of hydrazine groups is 1. The lowest BCUT2D eigenvalue weighted by molar-refractivity contribution is -0.128. The summed E-state index contributed by atoms with van der Waals surface area (Å²) in [6.45, 7) is -0.265. The molecule has 0 saturated heterocycles. The Morgan fingerprint density at radius 2 is 1.90 bits per heavy atom. The third-order valence-electron chi connectivity index (χ3n) is 2.41. The molecular weight excluding hydrogens is 294 g/mol. The Morgan fingerprint density at radius 3 is 2.57 bits per heavy atom. The molecule has 2 heterocycles. The highest BCUT2D eigenvalue weighted by Crippen LogP contribution is 2.08. The Kier molecular flexibility index (Phi) is 5.10. The Hall–Kier alpha value is -2.61. The molecule has 2 aromatic heterocycles. The number of rotatable bonds is 5. The molecule has 0 bridgehead atoms. The molecule has 21 heavy (non-hydrogen) atoms. The number of thiophene rings is 1. The summed E-state index contributed by atoms with van der Waals surface area (Å²) in [4.78, 5) is 35.4. The van der Waals surface area contributed by atoms with Crippen LogP contribution in [0.4, 0.5) is 0 Å². The Labute approximate surface area is 124 Å². The number of hydrogen-bond acceptors (Lipinski definition) is 5. The van der Waals surface area contributed by atoms with Gasteiger partial charge < -0.3 is 9.73 Å². The average molecular weight is 307 g/mol. The van der Waals surface area contributed by atoms with Crippen molar-refractivity contribution in [3.8, 4) is 0 Å². The van der Waals surface area contributed by atoms with Crippen molar-refractivity contribution in [2.45, 2.75) is 6.42 Å². The van der Waals surface area contributed by atoms with Crippen molar-refractivity contribution in [2.24, 2.45) is 0 Å². The minimum Gasteiger partial charge on any atom is -0.459 e. The SMILES string of the molecule is O=C(CNC(=O)c1ccco1)NNC(=O)Cc1cccs1. The van der Waals surface area contributed by atoms with Crippen LogP contribution in [0.2, 0.25) is 0 Å². The molecule has 0 spiro atoms. The molecule has 0 unspecified atom stereocenters. The van der Waals surface area contributed by atoms with E-state index in [0.29, 0.717) is 0 Å². The summed E-state index contributed by atoms with van der Waals surface area (Å²) >= 11 is 1.46. The summed E-state index contributed by atoms with van der Waals surface area (Å²) in [7, 11) is 0. The van der Waals surface area contributed by atoms with Crippen LogP contribution in [0.25, 0.3) is 0 Å². The molecule has 2 aromatic rings. The van der Waals surface area contributed by atoms with Gasteiger partial charge in [-0.25, -0.2) is 0 Å². The fourth-order valence-corrected chi connectivity index (χ4v) is 2.16. The van der Waals surface area contributed by atoms with Gasteiger partial charge in [-0.2, -0.15) is 0 Å². The van der Waals surface area contributed by atoms with Crippen molar-refractivity contribution in [3.05, 3.63) is 46.5 Å². The quantitative estimate of drug-likeness (QED) is 0.699. The first kappa shape index (κ1) is 14.8. The van der Waals surface area contributed by atoms with E-state index in [4.69, 9.17) is 4.42 Å². The summed E-state index contributed by atoms with van der Waals surface area (Å²) in [5.41, 5.74) is 4.49. The third-order valence-corrected chi connectivity index (χ3v) is 3.29. The highest BCUT2D eigenvalue weighted by atomic mass is 32.1. The Bertz CT molecular complexity index is 607. The van der Waals surface area contributed by atoms with Gasteiger partial charge in [-0.1, -0.05) is 6.07 Å². The molecule has 0 atom stereocenters.